The molecule has 3 aromatic rings. The molecule has 0 aliphatic rings. The van der Waals surface area contributed by atoms with Crippen LogP contribution in [0.4, 0.5) is 5.69 Å². The van der Waals surface area contributed by atoms with Crippen LogP contribution < -0.4 is 10.5 Å². The van der Waals surface area contributed by atoms with Gasteiger partial charge >= 0.3 is 5.97 Å². The van der Waals surface area contributed by atoms with Crippen LogP contribution >= 0.6 is 0 Å². The number of esters is 1. The van der Waals surface area contributed by atoms with Crippen LogP contribution in [0.1, 0.15) is 38.8 Å². The summed E-state index contributed by atoms with van der Waals surface area (Å²) in [7, 11) is -3.85. The third kappa shape index (κ3) is 5.91. The Morgan fingerprint density at radius 3 is 2.03 bits per heavy atom. The van der Waals surface area contributed by atoms with Gasteiger partial charge in [0.15, 0.2) is 11.9 Å². The lowest BCUT2D eigenvalue weighted by atomic mass is 9.98. The molecule has 1 unspecified atom stereocenters. The lowest BCUT2D eigenvalue weighted by Gasteiger charge is -2.15. The zero-order valence-corrected chi connectivity index (χ0v) is 18.8. The first-order chi connectivity index (χ1) is 15.6. The Morgan fingerprint density at radius 2 is 1.45 bits per heavy atom. The minimum Gasteiger partial charge on any atom is -0.449 e. The maximum Gasteiger partial charge on any atom is 0.339 e. The van der Waals surface area contributed by atoms with E-state index in [1.165, 1.54) is 43.3 Å². The topological polar surface area (TPSA) is 133 Å². The number of aryl methyl sites for hydroxylation is 1. The van der Waals surface area contributed by atoms with E-state index in [1.807, 2.05) is 6.92 Å². The fourth-order valence-electron chi connectivity index (χ4n) is 2.97. The molecule has 0 spiro atoms. The molecular formula is C24H22N2O6S. The van der Waals surface area contributed by atoms with Gasteiger partial charge in [-0.2, -0.15) is 0 Å². The number of carbonyl (C=O) groups excluding carboxylic acids is 3. The van der Waals surface area contributed by atoms with Crippen molar-refractivity contribution in [1.82, 2.24) is 0 Å². The number of nitrogens with one attached hydrogen (secondary N) is 1. The second-order valence-corrected chi connectivity index (χ2v) is 8.91. The first-order valence-electron chi connectivity index (χ1n) is 9.91. The van der Waals surface area contributed by atoms with Gasteiger partial charge in [-0.1, -0.05) is 48.0 Å². The molecule has 9 heteroatoms. The molecule has 0 bridgehead atoms. The van der Waals surface area contributed by atoms with Gasteiger partial charge in [0.25, 0.3) is 5.91 Å². The highest BCUT2D eigenvalue weighted by Gasteiger charge is 2.23. The molecule has 3 rings (SSSR count). The van der Waals surface area contributed by atoms with Crippen LogP contribution in [0.2, 0.25) is 0 Å². The molecule has 1 amide bonds. The minimum absolute atomic E-state index is 0.0419. The lowest BCUT2D eigenvalue weighted by molar-refractivity contribution is -0.123. The van der Waals surface area contributed by atoms with Crippen LogP contribution in [0.5, 0.6) is 0 Å². The molecule has 1 atom stereocenters. The number of amides is 1. The molecule has 0 aromatic heterocycles. The van der Waals surface area contributed by atoms with E-state index in [9.17, 15) is 22.8 Å². The van der Waals surface area contributed by atoms with Crippen molar-refractivity contribution in [2.45, 2.75) is 24.8 Å². The number of ether oxygens (including phenoxy) is 1. The second kappa shape index (κ2) is 9.76. The SMILES string of the molecule is Cc1ccc(C(=O)c2ccccc2C(=O)OC(C)C(=O)Nc2ccc(S(N)(=O)=O)cc2)cc1. The van der Waals surface area contributed by atoms with E-state index in [2.05, 4.69) is 5.32 Å². The molecule has 0 saturated heterocycles. The summed E-state index contributed by atoms with van der Waals surface area (Å²) in [4.78, 5) is 38.0. The first kappa shape index (κ1) is 23.8. The Kier molecular flexibility index (Phi) is 7.05. The molecule has 3 aromatic carbocycles. The molecule has 33 heavy (non-hydrogen) atoms. The van der Waals surface area contributed by atoms with Crippen LogP contribution in [-0.4, -0.2) is 32.2 Å². The number of rotatable bonds is 7. The maximum absolute atomic E-state index is 12.9. The molecule has 0 aliphatic carbocycles. The normalized spacial score (nSPS) is 12.0. The number of ketones is 1. The van der Waals surface area contributed by atoms with Crippen LogP contribution in [0, 0.1) is 6.92 Å². The third-order valence-corrected chi connectivity index (χ3v) is 5.74. The highest BCUT2D eigenvalue weighted by atomic mass is 32.2. The summed E-state index contributed by atoms with van der Waals surface area (Å²) in [5.74, 6) is -1.79. The van der Waals surface area contributed by atoms with E-state index in [1.54, 1.807) is 36.4 Å². The molecule has 8 nitrogen and oxygen atoms in total. The molecule has 0 fully saturated rings. The predicted octanol–water partition coefficient (Wildman–Crippen LogP) is 3.06. The molecule has 0 aliphatic heterocycles. The lowest BCUT2D eigenvalue weighted by Crippen LogP contribution is -2.30. The van der Waals surface area contributed by atoms with Crippen molar-refractivity contribution in [3.63, 3.8) is 0 Å². The highest BCUT2D eigenvalue weighted by molar-refractivity contribution is 7.89. The van der Waals surface area contributed by atoms with Gasteiger partial charge in [-0.15, -0.1) is 0 Å². The Hall–Kier alpha value is -3.82. The van der Waals surface area contributed by atoms with Gasteiger partial charge in [-0.25, -0.2) is 18.4 Å². The molecule has 0 radical (unpaired) electrons. The van der Waals surface area contributed by atoms with E-state index in [-0.39, 0.29) is 21.8 Å². The first-order valence-corrected chi connectivity index (χ1v) is 11.5. The van der Waals surface area contributed by atoms with E-state index >= 15 is 0 Å². The van der Waals surface area contributed by atoms with Gasteiger partial charge in [-0.05, 0) is 44.2 Å². The number of carbonyl (C=O) groups is 3. The van der Waals surface area contributed by atoms with Crippen LogP contribution in [0.25, 0.3) is 0 Å². The van der Waals surface area contributed by atoms with E-state index in [4.69, 9.17) is 9.88 Å². The summed E-state index contributed by atoms with van der Waals surface area (Å²) in [5.41, 5.74) is 1.93. The predicted molar refractivity (Wildman–Crippen MR) is 122 cm³/mol. The zero-order chi connectivity index (χ0) is 24.2. The summed E-state index contributed by atoms with van der Waals surface area (Å²) in [5, 5.41) is 7.57. The fourth-order valence-corrected chi connectivity index (χ4v) is 3.48. The molecule has 3 N–H and O–H groups in total. The maximum atomic E-state index is 12.9. The molecule has 0 saturated carbocycles. The monoisotopic (exact) mass is 466 g/mol. The number of anilines is 1. The second-order valence-electron chi connectivity index (χ2n) is 7.35. The van der Waals surface area contributed by atoms with Crippen LogP contribution in [-0.2, 0) is 19.6 Å². The van der Waals surface area contributed by atoms with Crippen LogP contribution in [0.15, 0.2) is 77.7 Å². The average Bonchev–Trinajstić information content (AvgIpc) is 2.78. The van der Waals surface area contributed by atoms with Crippen LogP contribution in [0.3, 0.4) is 0 Å². The fraction of sp³-hybridized carbons (Fsp3) is 0.125. The van der Waals surface area contributed by atoms with Crippen molar-refractivity contribution < 1.29 is 27.5 Å². The van der Waals surface area contributed by atoms with Gasteiger partial charge in [0.2, 0.25) is 10.0 Å². The largest absolute Gasteiger partial charge is 0.449 e. The number of primary sulfonamides is 1. The standard InChI is InChI=1S/C24H22N2O6S/c1-15-7-9-17(10-8-15)22(27)20-5-3-4-6-21(20)24(29)32-16(2)23(28)26-18-11-13-19(14-12-18)33(25,30)31/h3-14,16H,1-2H3,(H,26,28)(H2,25,30,31). The van der Waals surface area contributed by atoms with E-state index in [0.717, 1.165) is 5.56 Å². The Morgan fingerprint density at radius 1 is 0.879 bits per heavy atom. The summed E-state index contributed by atoms with van der Waals surface area (Å²) < 4.78 is 27.9. The van der Waals surface area contributed by atoms with Crippen molar-refractivity contribution in [3.05, 3.63) is 95.1 Å². The van der Waals surface area contributed by atoms with Gasteiger partial charge < -0.3 is 10.1 Å². The van der Waals surface area contributed by atoms with Crippen molar-refractivity contribution in [3.8, 4) is 0 Å². The Bertz CT molecular complexity index is 1300. The number of sulfonamides is 1. The molecule has 0 heterocycles. The molecular weight excluding hydrogens is 444 g/mol. The number of nitrogens with two attached hydrogens (primary N) is 1. The van der Waals surface area contributed by atoms with Gasteiger partial charge in [0.05, 0.1) is 10.5 Å². The minimum atomic E-state index is -3.85. The Balaban J connectivity index is 1.71. The summed E-state index contributed by atoms with van der Waals surface area (Å²) in [6.07, 6.45) is -1.18. The summed E-state index contributed by atoms with van der Waals surface area (Å²) >= 11 is 0. The van der Waals surface area contributed by atoms with E-state index in [0.29, 0.717) is 11.3 Å². The van der Waals surface area contributed by atoms with Gasteiger partial charge in [0, 0.05) is 16.8 Å². The van der Waals surface area contributed by atoms with Gasteiger partial charge in [-0.3, -0.25) is 9.59 Å². The van der Waals surface area contributed by atoms with Crippen molar-refractivity contribution >= 4 is 33.4 Å². The number of benzene rings is 3. The van der Waals surface area contributed by atoms with Crippen molar-refractivity contribution in [2.75, 3.05) is 5.32 Å². The average molecular weight is 467 g/mol. The smallest absolute Gasteiger partial charge is 0.339 e. The highest BCUT2D eigenvalue weighted by Crippen LogP contribution is 2.18. The summed E-state index contributed by atoms with van der Waals surface area (Å²) in [6, 6.07) is 18.4. The zero-order valence-electron chi connectivity index (χ0n) is 17.9. The van der Waals surface area contributed by atoms with Crippen molar-refractivity contribution in [1.29, 1.82) is 0 Å². The van der Waals surface area contributed by atoms with Gasteiger partial charge in [0.1, 0.15) is 0 Å². The quantitative estimate of drug-likeness (QED) is 0.406. The number of hydrogen-bond donors (Lipinski definition) is 2. The molecule has 170 valence electrons. The van der Waals surface area contributed by atoms with E-state index < -0.39 is 28.0 Å². The van der Waals surface area contributed by atoms with Crippen molar-refractivity contribution in [2.24, 2.45) is 5.14 Å². The number of hydrogen-bond acceptors (Lipinski definition) is 6. The third-order valence-electron chi connectivity index (χ3n) is 4.81. The Labute approximate surface area is 191 Å². The summed E-state index contributed by atoms with van der Waals surface area (Å²) in [6.45, 7) is 3.29.